The number of aliphatic hydroxyl groups is 1. The molecule has 0 heterocycles. The van der Waals surface area contributed by atoms with Crippen molar-refractivity contribution in [3.05, 3.63) is 62.0 Å². The molecule has 0 bridgehead atoms. The van der Waals surface area contributed by atoms with E-state index in [-0.39, 0.29) is 6.61 Å². The molecule has 0 amide bonds. The average molecular weight is 447 g/mol. The Labute approximate surface area is 167 Å². The summed E-state index contributed by atoms with van der Waals surface area (Å²) in [4.78, 5) is 0. The van der Waals surface area contributed by atoms with Crippen LogP contribution >= 0.6 is 39.1 Å². The maximum Gasteiger partial charge on any atom is 0.124 e. The molecule has 6 heteroatoms. The molecule has 0 aromatic heterocycles. The summed E-state index contributed by atoms with van der Waals surface area (Å²) >= 11 is 15.5. The summed E-state index contributed by atoms with van der Waals surface area (Å²) in [7, 11) is 0. The lowest BCUT2D eigenvalue weighted by atomic mass is 10.2. The van der Waals surface area contributed by atoms with Crippen LogP contribution in [-0.2, 0) is 13.2 Å². The summed E-state index contributed by atoms with van der Waals surface area (Å²) in [6.07, 6.45) is 2.94. The Hall–Kier alpha value is -0.780. The van der Waals surface area contributed by atoms with E-state index in [0.717, 1.165) is 53.7 Å². The molecule has 2 rings (SSSR count). The molecule has 0 aliphatic rings. The molecule has 3 nitrogen and oxygen atoms in total. The van der Waals surface area contributed by atoms with Crippen molar-refractivity contribution in [1.82, 2.24) is 5.32 Å². The van der Waals surface area contributed by atoms with Gasteiger partial charge < -0.3 is 15.2 Å². The van der Waals surface area contributed by atoms with Crippen LogP contribution in [0, 0.1) is 0 Å². The van der Waals surface area contributed by atoms with Gasteiger partial charge in [-0.25, -0.2) is 0 Å². The van der Waals surface area contributed by atoms with Gasteiger partial charge in [0.15, 0.2) is 0 Å². The van der Waals surface area contributed by atoms with Crippen LogP contribution in [-0.4, -0.2) is 18.3 Å². The van der Waals surface area contributed by atoms with Crippen molar-refractivity contribution >= 4 is 39.1 Å². The Kier molecular flexibility index (Phi) is 9.07. The minimum absolute atomic E-state index is 0.262. The first-order valence-corrected chi connectivity index (χ1v) is 9.82. The van der Waals surface area contributed by atoms with E-state index in [4.69, 9.17) is 33.0 Å². The molecule has 136 valence electrons. The number of benzene rings is 2. The summed E-state index contributed by atoms with van der Waals surface area (Å²) in [6, 6.07) is 11.5. The van der Waals surface area contributed by atoms with E-state index >= 15 is 0 Å². The van der Waals surface area contributed by atoms with E-state index in [1.807, 2.05) is 24.3 Å². The second-order valence-electron chi connectivity index (χ2n) is 5.75. The fraction of sp³-hybridized carbons (Fsp3) is 0.368. The highest BCUT2D eigenvalue weighted by Crippen LogP contribution is 2.26. The first-order chi connectivity index (χ1) is 12.1. The van der Waals surface area contributed by atoms with E-state index in [0.29, 0.717) is 16.7 Å². The second kappa shape index (κ2) is 11.0. The Bertz CT molecular complexity index is 682. The zero-order valence-corrected chi connectivity index (χ0v) is 17.0. The predicted molar refractivity (Wildman–Crippen MR) is 108 cm³/mol. The Morgan fingerprint density at radius 3 is 2.60 bits per heavy atom. The monoisotopic (exact) mass is 445 g/mol. The van der Waals surface area contributed by atoms with Gasteiger partial charge in [0, 0.05) is 23.2 Å². The van der Waals surface area contributed by atoms with Gasteiger partial charge in [0.2, 0.25) is 0 Å². The number of ether oxygens (including phenoxy) is 1. The summed E-state index contributed by atoms with van der Waals surface area (Å²) in [6.45, 7) is 2.34. The third kappa shape index (κ3) is 7.16. The van der Waals surface area contributed by atoms with Crippen LogP contribution < -0.4 is 10.1 Å². The Morgan fingerprint density at radius 2 is 1.84 bits per heavy atom. The minimum Gasteiger partial charge on any atom is -0.489 e. The number of halogens is 3. The maximum absolute atomic E-state index is 8.80. The molecule has 0 spiro atoms. The number of aliphatic hydroxyl groups excluding tert-OH is 1. The summed E-state index contributed by atoms with van der Waals surface area (Å²) in [5.41, 5.74) is 2.07. The van der Waals surface area contributed by atoms with E-state index < -0.39 is 0 Å². The molecule has 0 aliphatic carbocycles. The fourth-order valence-corrected chi connectivity index (χ4v) is 3.11. The molecule has 0 saturated heterocycles. The largest absolute Gasteiger partial charge is 0.489 e. The lowest BCUT2D eigenvalue weighted by Gasteiger charge is -2.13. The van der Waals surface area contributed by atoms with Crippen LogP contribution in [0.2, 0.25) is 10.0 Å². The quantitative estimate of drug-likeness (QED) is 0.467. The highest BCUT2D eigenvalue weighted by Gasteiger charge is 2.06. The molecule has 2 N–H and O–H groups in total. The normalized spacial score (nSPS) is 10.9. The lowest BCUT2D eigenvalue weighted by molar-refractivity contribution is 0.282. The van der Waals surface area contributed by atoms with Crippen LogP contribution in [0.1, 0.15) is 30.4 Å². The summed E-state index contributed by atoms with van der Waals surface area (Å²) in [5.74, 6) is 0.845. The lowest BCUT2D eigenvalue weighted by Crippen LogP contribution is -2.15. The average Bonchev–Trinajstić information content (AvgIpc) is 2.60. The van der Waals surface area contributed by atoms with Gasteiger partial charge in [0.25, 0.3) is 0 Å². The molecular formula is C19H22BrCl2NO2. The molecule has 0 fully saturated rings. The summed E-state index contributed by atoms with van der Waals surface area (Å²) in [5, 5.41) is 13.3. The van der Waals surface area contributed by atoms with Crippen LogP contribution in [0.25, 0.3) is 0 Å². The molecule has 0 unspecified atom stereocenters. The zero-order chi connectivity index (χ0) is 18.1. The number of rotatable bonds is 10. The van der Waals surface area contributed by atoms with Crippen molar-refractivity contribution in [2.45, 2.75) is 32.4 Å². The number of hydrogen-bond donors (Lipinski definition) is 2. The second-order valence-corrected chi connectivity index (χ2v) is 7.48. The third-order valence-electron chi connectivity index (χ3n) is 3.73. The van der Waals surface area contributed by atoms with Gasteiger partial charge >= 0.3 is 0 Å². The fourth-order valence-electron chi connectivity index (χ4n) is 2.38. The highest BCUT2D eigenvalue weighted by molar-refractivity contribution is 9.10. The van der Waals surface area contributed by atoms with Gasteiger partial charge in [0.05, 0.1) is 10.0 Å². The van der Waals surface area contributed by atoms with Crippen LogP contribution in [0.3, 0.4) is 0 Å². The first-order valence-electron chi connectivity index (χ1n) is 8.27. The Morgan fingerprint density at radius 1 is 1.00 bits per heavy atom. The highest BCUT2D eigenvalue weighted by atomic mass is 79.9. The van der Waals surface area contributed by atoms with Crippen molar-refractivity contribution in [1.29, 1.82) is 0 Å². The van der Waals surface area contributed by atoms with Gasteiger partial charge in [0.1, 0.15) is 12.4 Å². The molecular weight excluding hydrogens is 425 g/mol. The van der Waals surface area contributed by atoms with Crippen molar-refractivity contribution in [2.24, 2.45) is 0 Å². The van der Waals surface area contributed by atoms with Crippen LogP contribution in [0.15, 0.2) is 40.9 Å². The molecule has 0 atom stereocenters. The molecule has 0 saturated carbocycles. The van der Waals surface area contributed by atoms with Gasteiger partial charge in [-0.15, -0.1) is 0 Å². The van der Waals surface area contributed by atoms with Crippen molar-refractivity contribution in [2.75, 3.05) is 13.2 Å². The summed E-state index contributed by atoms with van der Waals surface area (Å²) < 4.78 is 6.99. The molecule has 0 aliphatic heterocycles. The topological polar surface area (TPSA) is 41.5 Å². The van der Waals surface area contributed by atoms with Gasteiger partial charge in [-0.3, -0.25) is 0 Å². The molecule has 2 aromatic rings. The zero-order valence-electron chi connectivity index (χ0n) is 13.9. The SMILES string of the molecule is OCCCCCNCc1cc(Br)ccc1OCc1ccc(Cl)c(Cl)c1. The van der Waals surface area contributed by atoms with E-state index in [1.165, 1.54) is 0 Å². The van der Waals surface area contributed by atoms with Crippen molar-refractivity contribution in [3.8, 4) is 5.75 Å². The smallest absolute Gasteiger partial charge is 0.124 e. The maximum atomic E-state index is 8.80. The number of hydrogen-bond acceptors (Lipinski definition) is 3. The van der Waals surface area contributed by atoms with E-state index in [2.05, 4.69) is 27.3 Å². The van der Waals surface area contributed by atoms with E-state index in [9.17, 15) is 0 Å². The molecule has 0 radical (unpaired) electrons. The van der Waals surface area contributed by atoms with Gasteiger partial charge in [-0.2, -0.15) is 0 Å². The molecule has 25 heavy (non-hydrogen) atoms. The van der Waals surface area contributed by atoms with Crippen LogP contribution in [0.5, 0.6) is 5.75 Å². The first kappa shape index (κ1) is 20.5. The van der Waals surface area contributed by atoms with Gasteiger partial charge in [-0.1, -0.05) is 45.2 Å². The van der Waals surface area contributed by atoms with E-state index in [1.54, 1.807) is 6.07 Å². The van der Waals surface area contributed by atoms with Crippen LogP contribution in [0.4, 0.5) is 0 Å². The predicted octanol–water partition coefficient (Wildman–Crippen LogP) is 5.59. The van der Waals surface area contributed by atoms with Crippen molar-refractivity contribution < 1.29 is 9.84 Å². The minimum atomic E-state index is 0.262. The number of nitrogens with one attached hydrogen (secondary N) is 1. The van der Waals surface area contributed by atoms with Gasteiger partial charge in [-0.05, 0) is 61.7 Å². The Balaban J connectivity index is 1.92. The molecule has 2 aromatic carbocycles. The third-order valence-corrected chi connectivity index (χ3v) is 4.96. The standard InChI is InChI=1S/C19H22BrCl2NO2/c20-16-5-7-19(15(11-16)12-23-8-2-1-3-9-24)25-13-14-4-6-17(21)18(22)10-14/h4-7,10-11,23-24H,1-3,8-9,12-13H2. The van der Waals surface area contributed by atoms with Crippen molar-refractivity contribution in [3.63, 3.8) is 0 Å². The number of unbranched alkanes of at least 4 members (excludes halogenated alkanes) is 2.